The third-order valence-corrected chi connectivity index (χ3v) is 2.75. The standard InChI is InChI=1S/C10H18F3N3O/c1-7-5-16(3-2-4-17-7)6-8(9(14)15)10(11,12)13/h7-8H,2-6H2,1H3,(H3,14,15). The minimum absolute atomic E-state index is 0.0849. The molecule has 1 fully saturated rings. The Labute approximate surface area is 98.4 Å². The summed E-state index contributed by atoms with van der Waals surface area (Å²) in [5.41, 5.74) is 5.02. The van der Waals surface area contributed by atoms with Gasteiger partial charge in [0, 0.05) is 26.2 Å². The summed E-state index contributed by atoms with van der Waals surface area (Å²) in [6, 6.07) is 0. The van der Waals surface area contributed by atoms with Crippen molar-refractivity contribution in [2.75, 3.05) is 26.2 Å². The first kappa shape index (κ1) is 14.2. The molecule has 2 unspecified atom stereocenters. The number of rotatable bonds is 3. The van der Waals surface area contributed by atoms with E-state index in [0.717, 1.165) is 0 Å². The lowest BCUT2D eigenvalue weighted by molar-refractivity contribution is -0.160. The van der Waals surface area contributed by atoms with Gasteiger partial charge >= 0.3 is 6.18 Å². The van der Waals surface area contributed by atoms with Crippen molar-refractivity contribution in [1.29, 1.82) is 5.41 Å². The molecule has 0 radical (unpaired) electrons. The van der Waals surface area contributed by atoms with Gasteiger partial charge in [0.2, 0.25) is 0 Å². The van der Waals surface area contributed by atoms with Crippen LogP contribution in [0.2, 0.25) is 0 Å². The van der Waals surface area contributed by atoms with Crippen LogP contribution in [0.25, 0.3) is 0 Å². The van der Waals surface area contributed by atoms with E-state index in [2.05, 4.69) is 0 Å². The van der Waals surface area contributed by atoms with Crippen molar-refractivity contribution < 1.29 is 17.9 Å². The molecular weight excluding hydrogens is 235 g/mol. The number of hydrogen-bond acceptors (Lipinski definition) is 3. The Hall–Kier alpha value is -0.820. The van der Waals surface area contributed by atoms with Crippen molar-refractivity contribution in [2.45, 2.75) is 25.6 Å². The number of ether oxygens (including phenoxy) is 1. The van der Waals surface area contributed by atoms with Crippen LogP contribution in [0, 0.1) is 11.3 Å². The van der Waals surface area contributed by atoms with Crippen molar-refractivity contribution in [3.8, 4) is 0 Å². The molecule has 0 saturated carbocycles. The van der Waals surface area contributed by atoms with Gasteiger partial charge in [-0.3, -0.25) is 10.3 Å². The summed E-state index contributed by atoms with van der Waals surface area (Å²) in [5, 5.41) is 7.03. The number of nitrogens with one attached hydrogen (secondary N) is 1. The Morgan fingerprint density at radius 3 is 2.76 bits per heavy atom. The monoisotopic (exact) mass is 253 g/mol. The van der Waals surface area contributed by atoms with E-state index in [9.17, 15) is 13.2 Å². The largest absolute Gasteiger partial charge is 0.399 e. The second-order valence-corrected chi connectivity index (χ2v) is 4.34. The lowest BCUT2D eigenvalue weighted by atomic mass is 10.1. The highest BCUT2D eigenvalue weighted by Gasteiger charge is 2.42. The van der Waals surface area contributed by atoms with Gasteiger partial charge in [-0.2, -0.15) is 13.2 Å². The molecule has 17 heavy (non-hydrogen) atoms. The summed E-state index contributed by atoms with van der Waals surface area (Å²) in [5.74, 6) is -2.71. The summed E-state index contributed by atoms with van der Waals surface area (Å²) in [4.78, 5) is 1.66. The Balaban J connectivity index is 2.63. The zero-order valence-electron chi connectivity index (χ0n) is 9.76. The summed E-state index contributed by atoms with van der Waals surface area (Å²) in [7, 11) is 0. The predicted molar refractivity (Wildman–Crippen MR) is 57.9 cm³/mol. The summed E-state index contributed by atoms with van der Waals surface area (Å²) in [6.07, 6.45) is -3.84. The minimum Gasteiger partial charge on any atom is -0.387 e. The Bertz CT molecular complexity index is 270. The van der Waals surface area contributed by atoms with Crippen molar-refractivity contribution in [1.82, 2.24) is 4.90 Å². The second kappa shape index (κ2) is 5.68. The number of hydrogen-bond donors (Lipinski definition) is 2. The van der Waals surface area contributed by atoms with Crippen LogP contribution >= 0.6 is 0 Å². The van der Waals surface area contributed by atoms with E-state index in [1.165, 1.54) is 0 Å². The molecule has 0 spiro atoms. The highest BCUT2D eigenvalue weighted by atomic mass is 19.4. The van der Waals surface area contributed by atoms with E-state index >= 15 is 0 Å². The maximum absolute atomic E-state index is 12.6. The fraction of sp³-hybridized carbons (Fsp3) is 0.900. The summed E-state index contributed by atoms with van der Waals surface area (Å²) < 4.78 is 43.3. The van der Waals surface area contributed by atoms with Crippen LogP contribution in [0.3, 0.4) is 0 Å². The number of alkyl halides is 3. The SMILES string of the molecule is CC1CN(CC(C(=N)N)C(F)(F)F)CCCO1. The Morgan fingerprint density at radius 2 is 2.24 bits per heavy atom. The Morgan fingerprint density at radius 1 is 1.59 bits per heavy atom. The fourth-order valence-corrected chi connectivity index (χ4v) is 1.88. The zero-order valence-corrected chi connectivity index (χ0v) is 9.76. The van der Waals surface area contributed by atoms with E-state index in [0.29, 0.717) is 26.1 Å². The highest BCUT2D eigenvalue weighted by molar-refractivity contribution is 5.80. The molecule has 0 bridgehead atoms. The first-order valence-corrected chi connectivity index (χ1v) is 5.55. The van der Waals surface area contributed by atoms with Crippen LogP contribution in [0.1, 0.15) is 13.3 Å². The summed E-state index contributed by atoms with van der Waals surface area (Å²) >= 11 is 0. The van der Waals surface area contributed by atoms with E-state index in [1.54, 1.807) is 4.90 Å². The predicted octanol–water partition coefficient (Wildman–Crippen LogP) is 1.21. The average Bonchev–Trinajstić information content (AvgIpc) is 2.36. The van der Waals surface area contributed by atoms with Gasteiger partial charge in [0.25, 0.3) is 0 Å². The quantitative estimate of drug-likeness (QED) is 0.587. The van der Waals surface area contributed by atoms with Crippen molar-refractivity contribution in [3.63, 3.8) is 0 Å². The first-order valence-electron chi connectivity index (χ1n) is 5.55. The maximum Gasteiger partial charge on any atom is 0.399 e. The van der Waals surface area contributed by atoms with E-state index in [4.69, 9.17) is 15.9 Å². The van der Waals surface area contributed by atoms with Crippen molar-refractivity contribution >= 4 is 5.84 Å². The topological polar surface area (TPSA) is 62.3 Å². The van der Waals surface area contributed by atoms with E-state index in [-0.39, 0.29) is 12.6 Å². The molecular formula is C10H18F3N3O. The zero-order chi connectivity index (χ0) is 13.1. The summed E-state index contributed by atoms with van der Waals surface area (Å²) in [6.45, 7) is 3.12. The van der Waals surface area contributed by atoms with E-state index < -0.39 is 17.9 Å². The van der Waals surface area contributed by atoms with E-state index in [1.807, 2.05) is 6.92 Å². The fourth-order valence-electron chi connectivity index (χ4n) is 1.88. The molecule has 1 saturated heterocycles. The van der Waals surface area contributed by atoms with Gasteiger partial charge in [0.15, 0.2) is 0 Å². The third-order valence-electron chi connectivity index (χ3n) is 2.75. The maximum atomic E-state index is 12.6. The molecule has 1 aliphatic heterocycles. The molecule has 0 aliphatic carbocycles. The van der Waals surface area contributed by atoms with Gasteiger partial charge in [-0.05, 0) is 13.3 Å². The van der Waals surface area contributed by atoms with Crippen LogP contribution in [0.5, 0.6) is 0 Å². The molecule has 0 aromatic heterocycles. The number of halogens is 3. The number of nitrogens with two attached hydrogens (primary N) is 1. The van der Waals surface area contributed by atoms with Gasteiger partial charge in [-0.25, -0.2) is 0 Å². The smallest absolute Gasteiger partial charge is 0.387 e. The van der Waals surface area contributed by atoms with Crippen LogP contribution in [0.15, 0.2) is 0 Å². The van der Waals surface area contributed by atoms with Crippen LogP contribution in [0.4, 0.5) is 13.2 Å². The molecule has 3 N–H and O–H groups in total. The third kappa shape index (κ3) is 4.51. The van der Waals surface area contributed by atoms with Crippen LogP contribution in [-0.2, 0) is 4.74 Å². The molecule has 0 aromatic rings. The molecule has 0 aromatic carbocycles. The minimum atomic E-state index is -4.46. The molecule has 1 aliphatic rings. The Kier molecular flexibility index (Phi) is 4.76. The molecule has 0 amide bonds. The van der Waals surface area contributed by atoms with Gasteiger partial charge in [-0.15, -0.1) is 0 Å². The molecule has 1 rings (SSSR count). The van der Waals surface area contributed by atoms with Gasteiger partial charge in [0.05, 0.1) is 6.10 Å². The van der Waals surface area contributed by atoms with Gasteiger partial charge in [0.1, 0.15) is 11.8 Å². The van der Waals surface area contributed by atoms with Crippen molar-refractivity contribution in [2.24, 2.45) is 11.7 Å². The molecule has 2 atom stereocenters. The molecule has 1 heterocycles. The first-order chi connectivity index (χ1) is 7.80. The van der Waals surface area contributed by atoms with Gasteiger partial charge in [-0.1, -0.05) is 0 Å². The average molecular weight is 253 g/mol. The number of amidine groups is 1. The second-order valence-electron chi connectivity index (χ2n) is 4.34. The highest BCUT2D eigenvalue weighted by Crippen LogP contribution is 2.27. The van der Waals surface area contributed by atoms with Gasteiger partial charge < -0.3 is 10.5 Å². The van der Waals surface area contributed by atoms with Crippen LogP contribution in [-0.4, -0.2) is 49.3 Å². The lowest BCUT2D eigenvalue weighted by Gasteiger charge is -2.27. The molecule has 4 nitrogen and oxygen atoms in total. The molecule has 7 heteroatoms. The number of nitrogens with zero attached hydrogens (tertiary/aromatic N) is 1. The van der Waals surface area contributed by atoms with Crippen LogP contribution < -0.4 is 5.73 Å². The lowest BCUT2D eigenvalue weighted by Crippen LogP contribution is -2.45. The normalized spacial score (nSPS) is 25.3. The molecule has 100 valence electrons. The van der Waals surface area contributed by atoms with Crippen molar-refractivity contribution in [3.05, 3.63) is 0 Å².